The SMILES string of the molecule is COc1ccc(NC(=O)C2Sc3[nH]c(=O)sc3C3c4ccccc4OC(=O)C23)cc1. The van der Waals surface area contributed by atoms with Crippen molar-refractivity contribution < 1.29 is 19.1 Å². The lowest BCUT2D eigenvalue weighted by molar-refractivity contribution is -0.142. The minimum atomic E-state index is -0.754. The monoisotopic (exact) mass is 440 g/mol. The molecule has 3 aromatic rings. The number of hydrogen-bond acceptors (Lipinski definition) is 7. The van der Waals surface area contributed by atoms with Crippen LogP contribution in [0.1, 0.15) is 16.4 Å². The molecule has 3 atom stereocenters. The lowest BCUT2D eigenvalue weighted by Gasteiger charge is -2.38. The van der Waals surface area contributed by atoms with E-state index in [9.17, 15) is 14.4 Å². The molecule has 3 unspecified atom stereocenters. The zero-order chi connectivity index (χ0) is 20.8. The molecule has 152 valence electrons. The van der Waals surface area contributed by atoms with Crippen LogP contribution in [0.2, 0.25) is 0 Å². The van der Waals surface area contributed by atoms with Crippen LogP contribution in [0.3, 0.4) is 0 Å². The Hall–Kier alpha value is -3.04. The second kappa shape index (κ2) is 7.33. The number of thiazole rings is 1. The van der Waals surface area contributed by atoms with Crippen molar-refractivity contribution in [1.82, 2.24) is 4.98 Å². The summed E-state index contributed by atoms with van der Waals surface area (Å²) >= 11 is 2.27. The van der Waals surface area contributed by atoms with Crippen molar-refractivity contribution in [2.75, 3.05) is 12.4 Å². The number of amides is 1. The van der Waals surface area contributed by atoms with Gasteiger partial charge in [0.25, 0.3) is 0 Å². The van der Waals surface area contributed by atoms with Crippen LogP contribution in [0.5, 0.6) is 11.5 Å². The molecule has 2 aromatic carbocycles. The predicted octanol–water partition coefficient (Wildman–Crippen LogP) is 3.23. The van der Waals surface area contributed by atoms with Crippen molar-refractivity contribution in [3.63, 3.8) is 0 Å². The van der Waals surface area contributed by atoms with Gasteiger partial charge in [0.1, 0.15) is 16.7 Å². The first-order valence-corrected chi connectivity index (χ1v) is 10.9. The van der Waals surface area contributed by atoms with E-state index in [2.05, 4.69) is 10.3 Å². The van der Waals surface area contributed by atoms with Gasteiger partial charge in [-0.05, 0) is 30.3 Å². The third-order valence-corrected chi connectivity index (χ3v) is 7.62. The van der Waals surface area contributed by atoms with Crippen molar-refractivity contribution in [2.24, 2.45) is 5.92 Å². The van der Waals surface area contributed by atoms with E-state index in [0.29, 0.717) is 22.2 Å². The third kappa shape index (κ3) is 3.10. The zero-order valence-electron chi connectivity index (χ0n) is 15.7. The third-order valence-electron chi connectivity index (χ3n) is 5.21. The number of methoxy groups -OCH3 is 1. The number of ether oxygens (including phenoxy) is 2. The smallest absolute Gasteiger partial charge is 0.317 e. The molecule has 0 radical (unpaired) electrons. The van der Waals surface area contributed by atoms with Gasteiger partial charge in [-0.15, -0.1) is 0 Å². The van der Waals surface area contributed by atoms with Gasteiger partial charge in [-0.2, -0.15) is 0 Å². The maximum atomic E-state index is 13.2. The summed E-state index contributed by atoms with van der Waals surface area (Å²) in [6.07, 6.45) is 0. The van der Waals surface area contributed by atoms with Crippen molar-refractivity contribution in [2.45, 2.75) is 16.2 Å². The highest BCUT2D eigenvalue weighted by Crippen LogP contribution is 2.53. The quantitative estimate of drug-likeness (QED) is 0.479. The highest BCUT2D eigenvalue weighted by molar-refractivity contribution is 8.00. The molecule has 0 saturated heterocycles. The number of fused-ring (bicyclic) bond motifs is 5. The number of nitrogens with one attached hydrogen (secondary N) is 2. The Balaban J connectivity index is 1.54. The average molecular weight is 441 g/mol. The maximum absolute atomic E-state index is 13.2. The Morgan fingerprint density at radius 2 is 1.90 bits per heavy atom. The first-order chi connectivity index (χ1) is 14.5. The van der Waals surface area contributed by atoms with Gasteiger partial charge in [-0.25, -0.2) is 0 Å². The van der Waals surface area contributed by atoms with Gasteiger partial charge in [-0.1, -0.05) is 41.3 Å². The Morgan fingerprint density at radius 1 is 1.13 bits per heavy atom. The fourth-order valence-electron chi connectivity index (χ4n) is 3.86. The van der Waals surface area contributed by atoms with Crippen molar-refractivity contribution in [3.05, 3.63) is 68.6 Å². The average Bonchev–Trinajstić information content (AvgIpc) is 3.13. The predicted molar refractivity (Wildman–Crippen MR) is 114 cm³/mol. The molecular weight excluding hydrogens is 424 g/mol. The highest BCUT2D eigenvalue weighted by atomic mass is 32.2. The molecule has 1 aromatic heterocycles. The van der Waals surface area contributed by atoms with Crippen LogP contribution >= 0.6 is 23.1 Å². The number of aromatic amines is 1. The molecule has 30 heavy (non-hydrogen) atoms. The number of aromatic nitrogens is 1. The Morgan fingerprint density at radius 3 is 2.67 bits per heavy atom. The molecule has 7 nitrogen and oxygen atoms in total. The molecule has 5 rings (SSSR count). The summed E-state index contributed by atoms with van der Waals surface area (Å²) in [6.45, 7) is 0. The van der Waals surface area contributed by atoms with Crippen molar-refractivity contribution >= 4 is 40.7 Å². The van der Waals surface area contributed by atoms with E-state index in [1.165, 1.54) is 11.8 Å². The summed E-state index contributed by atoms with van der Waals surface area (Å²) in [5.41, 5.74) is 1.40. The Labute approximate surface area is 179 Å². The van der Waals surface area contributed by atoms with Crippen LogP contribution in [0, 0.1) is 5.92 Å². The summed E-state index contributed by atoms with van der Waals surface area (Å²) in [7, 11) is 1.57. The van der Waals surface area contributed by atoms with Gasteiger partial charge in [0.05, 0.1) is 18.1 Å². The first kappa shape index (κ1) is 19.0. The molecule has 0 fully saturated rings. The topological polar surface area (TPSA) is 97.5 Å². The van der Waals surface area contributed by atoms with Crippen LogP contribution in [0.25, 0.3) is 0 Å². The van der Waals surface area contributed by atoms with E-state index in [4.69, 9.17) is 9.47 Å². The van der Waals surface area contributed by atoms with Crippen molar-refractivity contribution in [3.8, 4) is 11.5 Å². The molecule has 3 heterocycles. The lowest BCUT2D eigenvalue weighted by atomic mass is 9.80. The summed E-state index contributed by atoms with van der Waals surface area (Å²) < 4.78 is 10.7. The number of carbonyl (C=O) groups is 2. The molecular formula is C21H16N2O5S2. The second-order valence-corrected chi connectivity index (χ2v) is 9.09. The van der Waals surface area contributed by atoms with Crippen LogP contribution in [-0.4, -0.2) is 29.2 Å². The van der Waals surface area contributed by atoms with Gasteiger partial charge in [0, 0.05) is 22.0 Å². The number of para-hydroxylation sites is 1. The molecule has 2 N–H and O–H groups in total. The molecule has 0 bridgehead atoms. The molecule has 0 saturated carbocycles. The normalized spacial score (nSPS) is 21.6. The largest absolute Gasteiger partial charge is 0.497 e. The molecule has 2 aliphatic rings. The molecule has 0 aliphatic carbocycles. The number of anilines is 1. The van der Waals surface area contributed by atoms with E-state index in [0.717, 1.165) is 21.8 Å². The van der Waals surface area contributed by atoms with Gasteiger partial charge < -0.3 is 19.8 Å². The summed E-state index contributed by atoms with van der Waals surface area (Å²) in [4.78, 5) is 41.6. The van der Waals surface area contributed by atoms with Gasteiger partial charge >= 0.3 is 10.8 Å². The lowest BCUT2D eigenvalue weighted by Crippen LogP contribution is -2.46. The number of rotatable bonds is 3. The maximum Gasteiger partial charge on any atom is 0.317 e. The Kier molecular flexibility index (Phi) is 4.63. The standard InChI is InChI=1S/C21H16N2O5S2/c1-27-11-8-6-10(7-9-11)22-18(24)16-15-14(17-19(29-16)23-21(26)30-17)12-4-2-3-5-13(12)28-20(15)25/h2-9,14-16H,1H3,(H,22,24)(H,23,26). The number of hydrogen-bond donors (Lipinski definition) is 2. The summed E-state index contributed by atoms with van der Waals surface area (Å²) in [5, 5.41) is 2.74. The summed E-state index contributed by atoms with van der Waals surface area (Å²) in [6, 6.07) is 14.2. The van der Waals surface area contributed by atoms with E-state index in [1.807, 2.05) is 12.1 Å². The molecule has 2 aliphatic heterocycles. The van der Waals surface area contributed by atoms with E-state index in [1.54, 1.807) is 43.5 Å². The second-order valence-electron chi connectivity index (χ2n) is 6.93. The van der Waals surface area contributed by atoms with Crippen LogP contribution < -0.4 is 19.7 Å². The van der Waals surface area contributed by atoms with Crippen molar-refractivity contribution in [1.29, 1.82) is 0 Å². The van der Waals surface area contributed by atoms with Crippen LogP contribution in [0.15, 0.2) is 58.4 Å². The fraction of sp³-hybridized carbons (Fsp3) is 0.190. The number of thioether (sulfide) groups is 1. The zero-order valence-corrected chi connectivity index (χ0v) is 17.3. The molecule has 1 amide bonds. The number of carbonyl (C=O) groups excluding carboxylic acids is 2. The van der Waals surface area contributed by atoms with E-state index >= 15 is 0 Å². The molecule has 0 spiro atoms. The highest BCUT2D eigenvalue weighted by Gasteiger charge is 2.51. The summed E-state index contributed by atoms with van der Waals surface area (Å²) in [5.74, 6) is -0.789. The number of H-pyrrole nitrogens is 1. The van der Waals surface area contributed by atoms with Gasteiger partial charge in [-0.3, -0.25) is 14.4 Å². The first-order valence-electron chi connectivity index (χ1n) is 9.20. The number of benzene rings is 2. The number of esters is 1. The van der Waals surface area contributed by atoms with Gasteiger partial charge in [0.2, 0.25) is 5.91 Å². The minimum Gasteiger partial charge on any atom is -0.497 e. The fourth-order valence-corrected chi connectivity index (χ4v) is 6.32. The molecule has 9 heteroatoms. The van der Waals surface area contributed by atoms with Gasteiger partial charge in [0.15, 0.2) is 0 Å². The van der Waals surface area contributed by atoms with E-state index < -0.39 is 23.1 Å². The van der Waals surface area contributed by atoms with E-state index in [-0.39, 0.29) is 10.8 Å². The minimum absolute atomic E-state index is 0.209. The van der Waals surface area contributed by atoms with Crippen LogP contribution in [0.4, 0.5) is 5.69 Å². The van der Waals surface area contributed by atoms with Crippen LogP contribution in [-0.2, 0) is 9.59 Å². The Bertz CT molecular complexity index is 1200.